The van der Waals surface area contributed by atoms with Gasteiger partial charge in [-0.25, -0.2) is 0 Å². The molecule has 1 saturated carbocycles. The van der Waals surface area contributed by atoms with Crippen LogP contribution in [-0.4, -0.2) is 27.0 Å². The maximum Gasteiger partial charge on any atom is 0.306 e. The van der Waals surface area contributed by atoms with E-state index in [2.05, 4.69) is 47.4 Å². The molecule has 0 amide bonds. The highest BCUT2D eigenvalue weighted by Crippen LogP contribution is 2.38. The molecule has 1 heterocycles. The number of carboxylic acid groups (broad SMARTS) is 1. The van der Waals surface area contributed by atoms with Crippen molar-refractivity contribution in [2.24, 2.45) is 11.1 Å². The van der Waals surface area contributed by atoms with E-state index >= 15 is 0 Å². The van der Waals surface area contributed by atoms with E-state index < -0.39 is 5.97 Å². The first-order valence-electron chi connectivity index (χ1n) is 12.1. The lowest BCUT2D eigenvalue weighted by atomic mass is 9.78. The Labute approximate surface area is 211 Å². The Balaban J connectivity index is 1.63. The Morgan fingerprint density at radius 3 is 2.37 bits per heavy atom. The second-order valence-electron chi connectivity index (χ2n) is 9.54. The smallest absolute Gasteiger partial charge is 0.306 e. The summed E-state index contributed by atoms with van der Waals surface area (Å²) in [5.41, 5.74) is 6.92. The Morgan fingerprint density at radius 2 is 1.77 bits per heavy atom. The minimum atomic E-state index is -0.675. The zero-order chi connectivity index (χ0) is 24.9. The Morgan fingerprint density at radius 1 is 1.06 bits per heavy atom. The number of carbonyl (C=O) groups is 1. The highest BCUT2D eigenvalue weighted by Gasteiger charge is 2.27. The van der Waals surface area contributed by atoms with Crippen molar-refractivity contribution in [2.45, 2.75) is 57.8 Å². The van der Waals surface area contributed by atoms with Gasteiger partial charge in [0, 0.05) is 34.8 Å². The summed E-state index contributed by atoms with van der Waals surface area (Å²) in [6, 6.07) is 18.4. The highest BCUT2D eigenvalue weighted by atomic mass is 35.5. The molecule has 1 aliphatic rings. The monoisotopic (exact) mass is 490 g/mol. The van der Waals surface area contributed by atoms with E-state index in [1.807, 2.05) is 31.2 Å². The van der Waals surface area contributed by atoms with Crippen LogP contribution >= 0.6 is 11.6 Å². The van der Waals surface area contributed by atoms with Gasteiger partial charge in [0.05, 0.1) is 11.6 Å². The molecule has 0 spiro atoms. The second-order valence-corrected chi connectivity index (χ2v) is 9.98. The number of aryl methyl sites for hydroxylation is 2. The van der Waals surface area contributed by atoms with Crippen LogP contribution in [0.3, 0.4) is 0 Å². The number of hydrogen-bond donors (Lipinski definition) is 2. The van der Waals surface area contributed by atoms with Gasteiger partial charge < -0.3 is 10.3 Å². The number of rotatable bonds is 7. The average molecular weight is 491 g/mol. The number of benzene rings is 2. The summed E-state index contributed by atoms with van der Waals surface area (Å²) in [6.45, 7) is 3.97. The molecule has 0 radical (unpaired) electrons. The van der Waals surface area contributed by atoms with E-state index in [-0.39, 0.29) is 11.8 Å². The fourth-order valence-electron chi connectivity index (χ4n) is 5.25. The number of aliphatic carboxylic acids is 1. The summed E-state index contributed by atoms with van der Waals surface area (Å²) in [6.07, 6.45) is 5.52. The zero-order valence-corrected chi connectivity index (χ0v) is 20.9. The maximum absolute atomic E-state index is 11.3. The van der Waals surface area contributed by atoms with E-state index in [1.54, 1.807) is 6.20 Å². The molecule has 1 atom stereocenters. The summed E-state index contributed by atoms with van der Waals surface area (Å²) in [4.78, 5) is 15.6. The molecule has 0 bridgehead atoms. The van der Waals surface area contributed by atoms with Crippen LogP contribution in [-0.2, 0) is 4.79 Å². The summed E-state index contributed by atoms with van der Waals surface area (Å²) in [7, 11) is 0. The topological polar surface area (TPSA) is 82.8 Å². The maximum atomic E-state index is 11.3. The van der Waals surface area contributed by atoms with Crippen LogP contribution in [0.5, 0.6) is 0 Å². The van der Waals surface area contributed by atoms with Crippen molar-refractivity contribution in [1.29, 1.82) is 0 Å². The summed E-state index contributed by atoms with van der Waals surface area (Å²) < 4.78 is 0. The fraction of sp³-hybridized carbons (Fsp3) is 0.345. The van der Waals surface area contributed by atoms with Gasteiger partial charge in [-0.05, 0) is 92.0 Å². The van der Waals surface area contributed by atoms with Gasteiger partial charge in [0.25, 0.3) is 0 Å². The fourth-order valence-corrected chi connectivity index (χ4v) is 5.47. The largest absolute Gasteiger partial charge is 0.481 e. The number of aromatic nitrogens is 1. The SMILES string of the molecule is Cc1cc(C(C[C@H](c2ccc(C3CCC(C(=O)O)CC3)cc2)c2ccc(Cl)cc2C)=NO)ccn1. The van der Waals surface area contributed by atoms with Gasteiger partial charge in [-0.3, -0.25) is 9.78 Å². The number of halogens is 1. The summed E-state index contributed by atoms with van der Waals surface area (Å²) in [5.74, 6) is -0.519. The molecule has 3 aromatic rings. The van der Waals surface area contributed by atoms with E-state index in [9.17, 15) is 15.1 Å². The van der Waals surface area contributed by atoms with Gasteiger partial charge in [-0.2, -0.15) is 0 Å². The lowest BCUT2D eigenvalue weighted by molar-refractivity contribution is -0.142. The first kappa shape index (κ1) is 24.9. The highest BCUT2D eigenvalue weighted by molar-refractivity contribution is 6.30. The molecular weight excluding hydrogens is 460 g/mol. The van der Waals surface area contributed by atoms with Crippen LogP contribution < -0.4 is 0 Å². The molecule has 35 heavy (non-hydrogen) atoms. The normalized spacial score (nSPS) is 19.3. The number of nitrogens with zero attached hydrogens (tertiary/aromatic N) is 2. The van der Waals surface area contributed by atoms with Gasteiger partial charge in [0.1, 0.15) is 0 Å². The summed E-state index contributed by atoms with van der Waals surface area (Å²) in [5, 5.41) is 23.6. The second kappa shape index (κ2) is 11.0. The quantitative estimate of drug-likeness (QED) is 0.210. The summed E-state index contributed by atoms with van der Waals surface area (Å²) >= 11 is 6.24. The Hall–Kier alpha value is -3.18. The van der Waals surface area contributed by atoms with Crippen LogP contribution in [0.15, 0.2) is 65.9 Å². The van der Waals surface area contributed by atoms with Gasteiger partial charge in [0.2, 0.25) is 0 Å². The third kappa shape index (κ3) is 5.91. The molecule has 2 N–H and O–H groups in total. The first-order chi connectivity index (χ1) is 16.9. The molecule has 6 heteroatoms. The third-order valence-electron chi connectivity index (χ3n) is 7.24. The van der Waals surface area contributed by atoms with Crippen molar-refractivity contribution in [1.82, 2.24) is 4.98 Å². The minimum absolute atomic E-state index is 0.0246. The van der Waals surface area contributed by atoms with Gasteiger partial charge in [-0.15, -0.1) is 0 Å². The number of oxime groups is 1. The molecule has 1 fully saturated rings. The Bertz CT molecular complexity index is 1210. The lowest BCUT2D eigenvalue weighted by Gasteiger charge is -2.27. The molecule has 2 aromatic carbocycles. The van der Waals surface area contributed by atoms with Crippen molar-refractivity contribution >= 4 is 23.3 Å². The van der Waals surface area contributed by atoms with E-state index in [0.717, 1.165) is 53.6 Å². The van der Waals surface area contributed by atoms with Crippen molar-refractivity contribution < 1.29 is 15.1 Å². The lowest BCUT2D eigenvalue weighted by Crippen LogP contribution is -2.20. The van der Waals surface area contributed by atoms with Crippen LogP contribution in [0, 0.1) is 19.8 Å². The third-order valence-corrected chi connectivity index (χ3v) is 7.48. The van der Waals surface area contributed by atoms with Gasteiger partial charge in [-0.1, -0.05) is 47.1 Å². The standard InChI is InChI=1S/C29H31ClN2O3/c1-18-15-25(30)11-12-26(18)27(17-28(32-35)24-13-14-31-19(2)16-24)22-7-3-20(4-8-22)21-5-9-23(10-6-21)29(33)34/h3-4,7-8,11-16,21,23,27,35H,5-6,9-10,17H2,1-2H3,(H,33,34)/t21?,23?,27-/m1/s1. The van der Waals surface area contributed by atoms with Gasteiger partial charge in [0.15, 0.2) is 0 Å². The molecule has 182 valence electrons. The van der Waals surface area contributed by atoms with Crippen LogP contribution in [0.2, 0.25) is 5.02 Å². The van der Waals surface area contributed by atoms with Crippen LogP contribution in [0.25, 0.3) is 0 Å². The Kier molecular flexibility index (Phi) is 7.86. The molecule has 0 unspecified atom stereocenters. The zero-order valence-electron chi connectivity index (χ0n) is 20.1. The average Bonchev–Trinajstić information content (AvgIpc) is 2.86. The van der Waals surface area contributed by atoms with Crippen LogP contribution in [0.1, 0.15) is 77.5 Å². The van der Waals surface area contributed by atoms with Crippen molar-refractivity contribution in [3.8, 4) is 0 Å². The first-order valence-corrected chi connectivity index (χ1v) is 12.5. The number of hydrogen-bond acceptors (Lipinski definition) is 4. The molecule has 0 saturated heterocycles. The van der Waals surface area contributed by atoms with E-state index in [4.69, 9.17) is 11.6 Å². The minimum Gasteiger partial charge on any atom is -0.481 e. The van der Waals surface area contributed by atoms with Crippen LogP contribution in [0.4, 0.5) is 0 Å². The predicted octanol–water partition coefficient (Wildman–Crippen LogP) is 7.11. The molecule has 4 rings (SSSR count). The van der Waals surface area contributed by atoms with Crippen molar-refractivity contribution in [3.05, 3.63) is 99.3 Å². The number of pyridine rings is 1. The van der Waals surface area contributed by atoms with E-state index in [0.29, 0.717) is 23.1 Å². The van der Waals surface area contributed by atoms with Gasteiger partial charge >= 0.3 is 5.97 Å². The van der Waals surface area contributed by atoms with E-state index in [1.165, 1.54) is 5.56 Å². The molecule has 5 nitrogen and oxygen atoms in total. The molecular formula is C29H31ClN2O3. The molecule has 1 aliphatic carbocycles. The predicted molar refractivity (Wildman–Crippen MR) is 139 cm³/mol. The van der Waals surface area contributed by atoms with Crippen molar-refractivity contribution in [2.75, 3.05) is 0 Å². The van der Waals surface area contributed by atoms with Crippen molar-refractivity contribution in [3.63, 3.8) is 0 Å². The molecule has 0 aliphatic heterocycles. The molecule has 1 aromatic heterocycles. The number of carboxylic acids is 1.